The molecule has 0 saturated heterocycles. The first-order valence-electron chi connectivity index (χ1n) is 9.25. The minimum Gasteiger partial charge on any atom is -0.354 e. The highest BCUT2D eigenvalue weighted by atomic mass is 16.2. The average Bonchev–Trinajstić information content (AvgIpc) is 3.17. The molecule has 1 N–H and O–H groups in total. The van der Waals surface area contributed by atoms with Gasteiger partial charge in [-0.15, -0.1) is 0 Å². The van der Waals surface area contributed by atoms with Crippen LogP contribution in [0.5, 0.6) is 0 Å². The Hall–Kier alpha value is -2.21. The Balaban J connectivity index is 1.55. The van der Waals surface area contributed by atoms with Crippen molar-refractivity contribution in [3.63, 3.8) is 0 Å². The van der Waals surface area contributed by atoms with Crippen LogP contribution in [0.25, 0.3) is 0 Å². The summed E-state index contributed by atoms with van der Waals surface area (Å²) in [6, 6.07) is 5.24. The number of carbonyl (C=O) groups is 3. The van der Waals surface area contributed by atoms with Crippen molar-refractivity contribution in [2.75, 3.05) is 27.2 Å². The highest BCUT2D eigenvalue weighted by molar-refractivity contribution is 6.21. The van der Waals surface area contributed by atoms with Crippen molar-refractivity contribution < 1.29 is 14.4 Å². The van der Waals surface area contributed by atoms with Crippen molar-refractivity contribution in [2.45, 2.75) is 44.6 Å². The summed E-state index contributed by atoms with van der Waals surface area (Å²) in [7, 11) is 4.11. The van der Waals surface area contributed by atoms with E-state index in [1.807, 2.05) is 13.0 Å². The SMILES string of the molecule is Cc1ccc2c(c1)C(=O)N(CCC(=O)NCC1(N(C)C)CCCC1)C2=O. The molecule has 0 spiro atoms. The van der Waals surface area contributed by atoms with Crippen molar-refractivity contribution in [1.82, 2.24) is 15.1 Å². The van der Waals surface area contributed by atoms with Crippen molar-refractivity contribution in [2.24, 2.45) is 0 Å². The van der Waals surface area contributed by atoms with E-state index in [1.165, 1.54) is 17.7 Å². The Kier molecular flexibility index (Phi) is 5.14. The minimum absolute atomic E-state index is 0.0305. The summed E-state index contributed by atoms with van der Waals surface area (Å²) in [4.78, 5) is 40.5. The molecule has 0 aromatic heterocycles. The molecule has 6 nitrogen and oxygen atoms in total. The molecule has 3 amide bonds. The van der Waals surface area contributed by atoms with E-state index in [1.54, 1.807) is 12.1 Å². The standard InChI is InChI=1S/C20H27N3O3/c1-14-6-7-15-16(12-14)19(26)23(18(15)25)11-8-17(24)21-13-20(22(2)3)9-4-5-10-20/h6-7,12H,4-5,8-11,13H2,1-3H3,(H,21,24). The Labute approximate surface area is 154 Å². The van der Waals surface area contributed by atoms with E-state index >= 15 is 0 Å². The number of carbonyl (C=O) groups excluding carboxylic acids is 3. The van der Waals surface area contributed by atoms with Gasteiger partial charge in [0.05, 0.1) is 11.1 Å². The molecule has 0 radical (unpaired) electrons. The lowest BCUT2D eigenvalue weighted by molar-refractivity contribution is -0.121. The molecule has 1 aromatic rings. The average molecular weight is 357 g/mol. The Morgan fingerprint density at radius 2 is 1.81 bits per heavy atom. The Morgan fingerprint density at radius 3 is 2.46 bits per heavy atom. The third-order valence-electron chi connectivity index (χ3n) is 5.79. The lowest BCUT2D eigenvalue weighted by Gasteiger charge is -2.36. The molecule has 26 heavy (non-hydrogen) atoms. The van der Waals surface area contributed by atoms with E-state index in [0.717, 1.165) is 18.4 Å². The van der Waals surface area contributed by atoms with Crippen LogP contribution in [0.2, 0.25) is 0 Å². The van der Waals surface area contributed by atoms with Crippen LogP contribution in [0.1, 0.15) is 58.4 Å². The largest absolute Gasteiger partial charge is 0.354 e. The van der Waals surface area contributed by atoms with E-state index in [9.17, 15) is 14.4 Å². The van der Waals surface area contributed by atoms with E-state index < -0.39 is 0 Å². The number of hydrogen-bond donors (Lipinski definition) is 1. The number of benzene rings is 1. The summed E-state index contributed by atoms with van der Waals surface area (Å²) in [6.45, 7) is 2.62. The van der Waals surface area contributed by atoms with Gasteiger partial charge in [-0.25, -0.2) is 0 Å². The summed E-state index contributed by atoms with van der Waals surface area (Å²) in [5.74, 6) is -0.730. The molecule has 1 heterocycles. The number of imide groups is 1. The zero-order chi connectivity index (χ0) is 18.9. The quantitative estimate of drug-likeness (QED) is 0.791. The molecule has 1 aromatic carbocycles. The number of likely N-dealkylation sites (N-methyl/N-ethyl adjacent to an activating group) is 1. The fourth-order valence-electron chi connectivity index (χ4n) is 3.99. The predicted molar refractivity (Wildman–Crippen MR) is 99.1 cm³/mol. The van der Waals surface area contributed by atoms with Crippen LogP contribution in [0.15, 0.2) is 18.2 Å². The maximum absolute atomic E-state index is 12.4. The van der Waals surface area contributed by atoms with Gasteiger partial charge in [0.1, 0.15) is 0 Å². The van der Waals surface area contributed by atoms with Crippen molar-refractivity contribution in [3.8, 4) is 0 Å². The number of nitrogens with one attached hydrogen (secondary N) is 1. The van der Waals surface area contributed by atoms with Crippen LogP contribution in [0.4, 0.5) is 0 Å². The molecule has 1 aliphatic heterocycles. The molecular formula is C20H27N3O3. The molecule has 3 rings (SSSR count). The van der Waals surface area contributed by atoms with Gasteiger partial charge in [0, 0.05) is 25.0 Å². The number of rotatable bonds is 6. The summed E-state index contributed by atoms with van der Waals surface area (Å²) in [5.41, 5.74) is 1.84. The van der Waals surface area contributed by atoms with Gasteiger partial charge in [-0.05, 0) is 46.0 Å². The normalized spacial score (nSPS) is 18.5. The summed E-state index contributed by atoms with van der Waals surface area (Å²) < 4.78 is 0. The highest BCUT2D eigenvalue weighted by Crippen LogP contribution is 2.33. The van der Waals surface area contributed by atoms with Gasteiger partial charge in [0.2, 0.25) is 5.91 Å². The van der Waals surface area contributed by atoms with Crippen molar-refractivity contribution in [1.29, 1.82) is 0 Å². The first-order chi connectivity index (χ1) is 12.3. The van der Waals surface area contributed by atoms with E-state index in [-0.39, 0.29) is 36.2 Å². The molecule has 1 saturated carbocycles. The van der Waals surface area contributed by atoms with Gasteiger partial charge in [-0.3, -0.25) is 19.3 Å². The summed E-state index contributed by atoms with van der Waals surface area (Å²) in [6.07, 6.45) is 4.66. The number of nitrogens with zero attached hydrogens (tertiary/aromatic N) is 2. The van der Waals surface area contributed by atoms with Crippen LogP contribution in [0.3, 0.4) is 0 Å². The zero-order valence-corrected chi connectivity index (χ0v) is 15.8. The molecule has 140 valence electrons. The smallest absolute Gasteiger partial charge is 0.261 e. The number of hydrogen-bond acceptors (Lipinski definition) is 4. The third-order valence-corrected chi connectivity index (χ3v) is 5.79. The molecule has 1 fully saturated rings. The fraction of sp³-hybridized carbons (Fsp3) is 0.550. The van der Waals surface area contributed by atoms with E-state index in [4.69, 9.17) is 0 Å². The van der Waals surface area contributed by atoms with Gasteiger partial charge >= 0.3 is 0 Å². The first-order valence-corrected chi connectivity index (χ1v) is 9.25. The van der Waals surface area contributed by atoms with Crippen LogP contribution in [-0.2, 0) is 4.79 Å². The van der Waals surface area contributed by atoms with Crippen molar-refractivity contribution >= 4 is 17.7 Å². The fourth-order valence-corrected chi connectivity index (χ4v) is 3.99. The van der Waals surface area contributed by atoms with Crippen LogP contribution in [-0.4, -0.2) is 60.2 Å². The van der Waals surface area contributed by atoms with E-state index in [0.29, 0.717) is 17.7 Å². The third kappa shape index (κ3) is 3.38. The monoisotopic (exact) mass is 357 g/mol. The highest BCUT2D eigenvalue weighted by Gasteiger charge is 2.37. The van der Waals surface area contributed by atoms with Gasteiger partial charge < -0.3 is 10.2 Å². The molecule has 0 atom stereocenters. The molecule has 0 bridgehead atoms. The molecule has 6 heteroatoms. The second-order valence-corrected chi connectivity index (χ2v) is 7.66. The lowest BCUT2D eigenvalue weighted by Crippen LogP contribution is -2.51. The second kappa shape index (κ2) is 7.19. The van der Waals surface area contributed by atoms with E-state index in [2.05, 4.69) is 24.3 Å². The molecule has 1 aliphatic carbocycles. The maximum Gasteiger partial charge on any atom is 0.261 e. The van der Waals surface area contributed by atoms with Gasteiger partial charge in [0.15, 0.2) is 0 Å². The first kappa shape index (κ1) is 18.6. The second-order valence-electron chi connectivity index (χ2n) is 7.66. The number of fused-ring (bicyclic) bond motifs is 1. The van der Waals surface area contributed by atoms with Gasteiger partial charge in [0.25, 0.3) is 11.8 Å². The van der Waals surface area contributed by atoms with Crippen LogP contribution < -0.4 is 5.32 Å². The maximum atomic E-state index is 12.4. The van der Waals surface area contributed by atoms with Crippen LogP contribution in [0, 0.1) is 6.92 Å². The Morgan fingerprint density at radius 1 is 1.15 bits per heavy atom. The molecular weight excluding hydrogens is 330 g/mol. The molecule has 0 unspecified atom stereocenters. The molecule has 2 aliphatic rings. The van der Waals surface area contributed by atoms with Crippen molar-refractivity contribution in [3.05, 3.63) is 34.9 Å². The van der Waals surface area contributed by atoms with Gasteiger partial charge in [-0.2, -0.15) is 0 Å². The van der Waals surface area contributed by atoms with Gasteiger partial charge in [-0.1, -0.05) is 24.5 Å². The van der Waals surface area contributed by atoms with Crippen LogP contribution >= 0.6 is 0 Å². The lowest BCUT2D eigenvalue weighted by atomic mass is 9.96. The number of aryl methyl sites for hydroxylation is 1. The number of amides is 3. The topological polar surface area (TPSA) is 69.7 Å². The zero-order valence-electron chi connectivity index (χ0n) is 15.8. The predicted octanol–water partition coefficient (Wildman–Crippen LogP) is 1.97. The summed E-state index contributed by atoms with van der Waals surface area (Å²) in [5, 5.41) is 3.00. The summed E-state index contributed by atoms with van der Waals surface area (Å²) >= 11 is 0. The Bertz CT molecular complexity index is 736. The minimum atomic E-state index is -0.307.